The van der Waals surface area contributed by atoms with Crippen molar-refractivity contribution < 1.29 is 28.3 Å². The summed E-state index contributed by atoms with van der Waals surface area (Å²) in [6.45, 7) is 5.83. The highest BCUT2D eigenvalue weighted by atomic mass is 32.1. The molecule has 36 heavy (non-hydrogen) atoms. The first kappa shape index (κ1) is 22.0. The Kier molecular flexibility index (Phi) is 6.12. The number of aromatic nitrogens is 3. The van der Waals surface area contributed by atoms with E-state index in [-0.39, 0.29) is 36.8 Å². The van der Waals surface area contributed by atoms with E-state index in [0.717, 1.165) is 0 Å². The lowest BCUT2D eigenvalue weighted by molar-refractivity contribution is -0.150. The Morgan fingerprint density at radius 2 is 2.14 bits per heavy atom. The Morgan fingerprint density at radius 3 is 2.72 bits per heavy atom. The number of carbonyl (C=O) groups excluding carboxylic acids is 1. The number of benzene rings is 1. The van der Waals surface area contributed by atoms with Gasteiger partial charge in [0.15, 0.2) is 5.54 Å². The van der Waals surface area contributed by atoms with E-state index < -0.39 is 35.9 Å². The molecule has 1 N–H and O–H groups in total. The molecule has 0 spiro atoms. The van der Waals surface area contributed by atoms with Crippen LogP contribution in [0, 0.1) is 5.92 Å². The predicted molar refractivity (Wildman–Crippen MR) is 135 cm³/mol. The van der Waals surface area contributed by atoms with Gasteiger partial charge < -0.3 is 19.5 Å². The van der Waals surface area contributed by atoms with Gasteiger partial charge in [0.1, 0.15) is 10.8 Å². The average Bonchev–Trinajstić information content (AvgIpc) is 3.58. The molecule has 1 aromatic carbocycles. The fourth-order valence-corrected chi connectivity index (χ4v) is 5.88. The van der Waals surface area contributed by atoms with Crippen molar-refractivity contribution in [3.05, 3.63) is 64.4 Å². The van der Waals surface area contributed by atoms with Gasteiger partial charge in [-0.25, -0.2) is 9.78 Å². The van der Waals surface area contributed by atoms with Crippen LogP contribution in [0.25, 0.3) is 0 Å². The molecule has 10 heteroatoms. The topological polar surface area (TPSA) is 107 Å². The van der Waals surface area contributed by atoms with Gasteiger partial charge in [0.2, 0.25) is 0 Å². The third-order valence-electron chi connectivity index (χ3n) is 6.62. The minimum atomic E-state index is -2.74. The number of ether oxygens (including phenoxy) is 2. The molecular formula is C26H32N4O5S. The van der Waals surface area contributed by atoms with E-state index in [1.807, 2.05) is 20.8 Å². The molecule has 0 bridgehead atoms. The second kappa shape index (κ2) is 10.0. The zero-order valence-corrected chi connectivity index (χ0v) is 21.5. The van der Waals surface area contributed by atoms with Crippen molar-refractivity contribution >= 4 is 23.2 Å². The first-order valence-corrected chi connectivity index (χ1v) is 12.4. The van der Waals surface area contributed by atoms with Gasteiger partial charge in [-0.2, -0.15) is 5.10 Å². The molecule has 0 unspecified atom stereocenters. The molecule has 2 aromatic heterocycles. The summed E-state index contributed by atoms with van der Waals surface area (Å²) in [5, 5.41) is 17.3. The van der Waals surface area contributed by atoms with Crippen molar-refractivity contribution in [2.75, 3.05) is 20.8 Å². The molecule has 1 aliphatic heterocycles. The van der Waals surface area contributed by atoms with Crippen molar-refractivity contribution in [2.24, 2.45) is 5.92 Å². The summed E-state index contributed by atoms with van der Waals surface area (Å²) in [6.07, 6.45) is 4.91. The Hall–Kier alpha value is -3.24. The second-order valence-electron chi connectivity index (χ2n) is 10.0. The highest BCUT2D eigenvalue weighted by molar-refractivity contribution is 7.09. The second-order valence-corrected chi connectivity index (χ2v) is 10.9. The number of amides is 1. The molecule has 3 heterocycles. The molecule has 0 aliphatic carbocycles. The summed E-state index contributed by atoms with van der Waals surface area (Å²) in [6, 6.07) is 5.62. The average molecular weight is 516 g/mol. The Morgan fingerprint density at radius 1 is 1.33 bits per heavy atom. The fourth-order valence-electron chi connectivity index (χ4n) is 5.06. The zero-order chi connectivity index (χ0) is 28.6. The number of hydrogen-bond donors (Lipinski definition) is 1. The van der Waals surface area contributed by atoms with Crippen molar-refractivity contribution in [3.63, 3.8) is 0 Å². The molecule has 1 amide bonds. The van der Waals surface area contributed by atoms with E-state index in [1.165, 1.54) is 34.1 Å². The van der Waals surface area contributed by atoms with Crippen LogP contribution >= 0.6 is 11.3 Å². The molecule has 1 aliphatic rings. The van der Waals surface area contributed by atoms with E-state index in [1.54, 1.807) is 42.2 Å². The Labute approximate surface area is 218 Å². The van der Waals surface area contributed by atoms with Crippen molar-refractivity contribution in [1.29, 1.82) is 0 Å². The first-order valence-electron chi connectivity index (χ1n) is 13.0. The molecule has 0 saturated carbocycles. The van der Waals surface area contributed by atoms with Crippen LogP contribution in [0.5, 0.6) is 5.75 Å². The number of carboxylic acids is 1. The lowest BCUT2D eigenvalue weighted by Gasteiger charge is -2.37. The maximum Gasteiger partial charge on any atom is 0.331 e. The minimum Gasteiger partial charge on any atom is -0.496 e. The molecule has 1 saturated heterocycles. The monoisotopic (exact) mass is 515 g/mol. The Balaban J connectivity index is 1.90. The van der Waals surface area contributed by atoms with Crippen LogP contribution in [0.15, 0.2) is 48.2 Å². The van der Waals surface area contributed by atoms with Crippen molar-refractivity contribution in [3.8, 4) is 5.75 Å². The molecule has 9 nitrogen and oxygen atoms in total. The van der Waals surface area contributed by atoms with Gasteiger partial charge in [-0.3, -0.25) is 9.48 Å². The predicted octanol–water partition coefficient (Wildman–Crippen LogP) is 4.02. The van der Waals surface area contributed by atoms with Crippen LogP contribution in [0.4, 0.5) is 0 Å². The molecule has 1 fully saturated rings. The number of thiazole rings is 1. The van der Waals surface area contributed by atoms with Gasteiger partial charge in [-0.1, -0.05) is 26.8 Å². The SMILES string of the molecule is [2H]C([2H])([2H])Oc1cc(C(=O)N2[C@@H](c3nccs3)[C@@H](COC)C[C@@]2(Cn2cccn2)C(=O)O)ccc1C(C)(C)C. The molecule has 3 aromatic rings. The molecule has 192 valence electrons. The lowest BCUT2D eigenvalue weighted by Crippen LogP contribution is -2.56. The van der Waals surface area contributed by atoms with Crippen LogP contribution in [0.2, 0.25) is 0 Å². The van der Waals surface area contributed by atoms with Crippen LogP contribution in [0.3, 0.4) is 0 Å². The number of hydrogen-bond acceptors (Lipinski definition) is 7. The van der Waals surface area contributed by atoms with Crippen molar-refractivity contribution in [2.45, 2.75) is 50.7 Å². The highest BCUT2D eigenvalue weighted by Crippen LogP contribution is 2.49. The van der Waals surface area contributed by atoms with Crippen molar-refractivity contribution in [1.82, 2.24) is 19.7 Å². The Bertz CT molecular complexity index is 1310. The van der Waals surface area contributed by atoms with Gasteiger partial charge >= 0.3 is 5.97 Å². The zero-order valence-electron chi connectivity index (χ0n) is 23.7. The summed E-state index contributed by atoms with van der Waals surface area (Å²) >= 11 is 1.33. The maximum atomic E-state index is 14.4. The van der Waals surface area contributed by atoms with E-state index in [2.05, 4.69) is 10.1 Å². The number of carboxylic acid groups (broad SMARTS) is 1. The fraction of sp³-hybridized carbons (Fsp3) is 0.462. The molecule has 0 radical (unpaired) electrons. The quantitative estimate of drug-likeness (QED) is 0.483. The maximum absolute atomic E-state index is 14.4. The van der Waals surface area contributed by atoms with E-state index in [0.29, 0.717) is 10.6 Å². The highest BCUT2D eigenvalue weighted by Gasteiger charge is 2.60. The summed E-state index contributed by atoms with van der Waals surface area (Å²) in [5.41, 5.74) is -1.45. The minimum absolute atomic E-state index is 0.0415. The van der Waals surface area contributed by atoms with Gasteiger partial charge in [0, 0.05) is 42.6 Å². The number of nitrogens with zero attached hydrogens (tertiary/aromatic N) is 4. The first-order chi connectivity index (χ1) is 18.3. The third-order valence-corrected chi connectivity index (χ3v) is 7.46. The van der Waals surface area contributed by atoms with Gasteiger partial charge in [0.25, 0.3) is 5.91 Å². The smallest absolute Gasteiger partial charge is 0.331 e. The van der Waals surface area contributed by atoms with Gasteiger partial charge in [-0.15, -0.1) is 11.3 Å². The number of carbonyl (C=O) groups is 2. The molecular weight excluding hydrogens is 480 g/mol. The number of rotatable bonds is 8. The van der Waals surface area contributed by atoms with E-state index in [9.17, 15) is 14.7 Å². The van der Waals surface area contributed by atoms with Gasteiger partial charge in [-0.05, 0) is 35.6 Å². The summed E-state index contributed by atoms with van der Waals surface area (Å²) in [5.74, 6) is -2.10. The summed E-state index contributed by atoms with van der Waals surface area (Å²) in [4.78, 5) is 33.3. The van der Waals surface area contributed by atoms with Crippen LogP contribution in [0.1, 0.15) is 58.3 Å². The lowest BCUT2D eigenvalue weighted by atomic mass is 9.85. The van der Waals surface area contributed by atoms with Crippen LogP contribution < -0.4 is 4.74 Å². The van der Waals surface area contributed by atoms with E-state index in [4.69, 9.17) is 13.6 Å². The van der Waals surface area contributed by atoms with E-state index >= 15 is 0 Å². The van der Waals surface area contributed by atoms with Crippen LogP contribution in [-0.2, 0) is 21.5 Å². The largest absolute Gasteiger partial charge is 0.496 e. The number of aliphatic carboxylic acids is 1. The normalized spacial score (nSPS) is 23.7. The van der Waals surface area contributed by atoms with Gasteiger partial charge in [0.05, 0.1) is 30.3 Å². The number of likely N-dealkylation sites (tertiary alicyclic amines) is 1. The number of methoxy groups -OCH3 is 2. The summed E-state index contributed by atoms with van der Waals surface area (Å²) < 4.78 is 35.2. The standard InChI is InChI=1S/C26H32N4O5S/c1-25(2,3)19-8-7-17(13-20(19)35-5)23(31)30-21(22-27-10-12-36-22)18(15-34-4)14-26(30,24(32)33)16-29-11-6-9-28-29/h6-13,18,21H,14-16H2,1-5H3,(H,32,33)/t18-,21-,26-/m1/s1/i5D3. The molecule has 3 atom stereocenters. The summed E-state index contributed by atoms with van der Waals surface area (Å²) in [7, 11) is -1.21. The third kappa shape index (κ3) is 4.62. The van der Waals surface area contributed by atoms with Crippen LogP contribution in [-0.4, -0.2) is 62.9 Å². The molecule has 4 rings (SSSR count).